The second-order valence-electron chi connectivity index (χ2n) is 6.09. The summed E-state index contributed by atoms with van der Waals surface area (Å²) in [4.78, 5) is 24.1. The summed E-state index contributed by atoms with van der Waals surface area (Å²) >= 11 is 1.14. The van der Waals surface area contributed by atoms with Crippen molar-refractivity contribution in [2.75, 3.05) is 24.8 Å². The number of urea groups is 1. The zero-order valence-electron chi connectivity index (χ0n) is 16.2. The van der Waals surface area contributed by atoms with Gasteiger partial charge in [0.1, 0.15) is 5.82 Å². The zero-order valence-corrected chi connectivity index (χ0v) is 17.0. The third kappa shape index (κ3) is 5.65. The van der Waals surface area contributed by atoms with Crippen molar-refractivity contribution in [3.05, 3.63) is 60.4 Å². The van der Waals surface area contributed by atoms with Crippen molar-refractivity contribution in [1.82, 2.24) is 20.1 Å². The number of carbonyl (C=O) groups excluding carboxylic acids is 2. The number of nitrogens with one attached hydrogen (secondary N) is 2. The van der Waals surface area contributed by atoms with Gasteiger partial charge in [0, 0.05) is 12.7 Å². The number of hydrogen-bond acceptors (Lipinski definition) is 6. The predicted molar refractivity (Wildman–Crippen MR) is 112 cm³/mol. The maximum absolute atomic E-state index is 13.6. The van der Waals surface area contributed by atoms with E-state index in [0.29, 0.717) is 24.1 Å². The first kappa shape index (κ1) is 21.5. The SMILES string of the molecule is COCCn1c(SCC(=O)NC(=O)Nc2ccccc2F)nnc1-c1ccccc1. The molecule has 30 heavy (non-hydrogen) atoms. The maximum Gasteiger partial charge on any atom is 0.325 e. The Morgan fingerprint density at radius 2 is 1.83 bits per heavy atom. The number of amides is 3. The molecule has 0 bridgehead atoms. The molecule has 3 aromatic rings. The smallest absolute Gasteiger partial charge is 0.325 e. The number of halogens is 1. The molecule has 1 aromatic heterocycles. The summed E-state index contributed by atoms with van der Waals surface area (Å²) in [7, 11) is 1.60. The van der Waals surface area contributed by atoms with E-state index < -0.39 is 17.8 Å². The highest BCUT2D eigenvalue weighted by atomic mass is 32.2. The number of methoxy groups -OCH3 is 1. The monoisotopic (exact) mass is 429 g/mol. The molecule has 0 radical (unpaired) electrons. The van der Waals surface area contributed by atoms with Gasteiger partial charge in [-0.3, -0.25) is 14.7 Å². The normalized spacial score (nSPS) is 10.6. The zero-order chi connectivity index (χ0) is 21.3. The summed E-state index contributed by atoms with van der Waals surface area (Å²) < 4.78 is 20.6. The first-order valence-electron chi connectivity index (χ1n) is 9.04. The number of aromatic nitrogens is 3. The molecule has 2 N–H and O–H groups in total. The van der Waals surface area contributed by atoms with Gasteiger partial charge in [-0.1, -0.05) is 54.2 Å². The lowest BCUT2D eigenvalue weighted by Gasteiger charge is -2.10. The van der Waals surface area contributed by atoms with Gasteiger partial charge in [0.15, 0.2) is 11.0 Å². The van der Waals surface area contributed by atoms with Crippen LogP contribution in [-0.2, 0) is 16.1 Å². The Labute approximate surface area is 176 Å². The lowest BCUT2D eigenvalue weighted by atomic mass is 10.2. The van der Waals surface area contributed by atoms with E-state index in [9.17, 15) is 14.0 Å². The number of anilines is 1. The third-order valence-electron chi connectivity index (χ3n) is 3.98. The molecule has 0 saturated carbocycles. The number of imide groups is 1. The third-order valence-corrected chi connectivity index (χ3v) is 4.94. The molecule has 3 amide bonds. The largest absolute Gasteiger partial charge is 0.383 e. The highest BCUT2D eigenvalue weighted by Gasteiger charge is 2.16. The molecular weight excluding hydrogens is 409 g/mol. The van der Waals surface area contributed by atoms with Crippen LogP contribution in [0.5, 0.6) is 0 Å². The topological polar surface area (TPSA) is 98.1 Å². The Morgan fingerprint density at radius 1 is 1.10 bits per heavy atom. The van der Waals surface area contributed by atoms with Crippen molar-refractivity contribution in [2.24, 2.45) is 0 Å². The van der Waals surface area contributed by atoms with Crippen LogP contribution in [0.4, 0.5) is 14.9 Å². The second kappa shape index (κ2) is 10.5. The van der Waals surface area contributed by atoms with E-state index in [2.05, 4.69) is 20.8 Å². The molecule has 8 nitrogen and oxygen atoms in total. The highest BCUT2D eigenvalue weighted by Crippen LogP contribution is 2.23. The van der Waals surface area contributed by atoms with E-state index in [1.807, 2.05) is 34.9 Å². The second-order valence-corrected chi connectivity index (χ2v) is 7.03. The molecule has 10 heteroatoms. The summed E-state index contributed by atoms with van der Waals surface area (Å²) in [5.41, 5.74) is 0.879. The molecule has 0 atom stereocenters. The lowest BCUT2D eigenvalue weighted by molar-refractivity contribution is -0.117. The molecular formula is C20H20FN5O3S. The fraction of sp³-hybridized carbons (Fsp3) is 0.200. The van der Waals surface area contributed by atoms with Gasteiger partial charge < -0.3 is 10.1 Å². The molecule has 0 saturated heterocycles. The Bertz CT molecular complexity index is 1010. The first-order chi connectivity index (χ1) is 14.6. The van der Waals surface area contributed by atoms with Crippen molar-refractivity contribution in [3.8, 4) is 11.4 Å². The minimum Gasteiger partial charge on any atom is -0.383 e. The van der Waals surface area contributed by atoms with Crippen LogP contribution in [0.1, 0.15) is 0 Å². The van der Waals surface area contributed by atoms with Gasteiger partial charge in [-0.05, 0) is 12.1 Å². The van der Waals surface area contributed by atoms with Gasteiger partial charge in [-0.15, -0.1) is 10.2 Å². The average molecular weight is 429 g/mol. The van der Waals surface area contributed by atoms with Crippen LogP contribution in [0.2, 0.25) is 0 Å². The molecule has 0 spiro atoms. The minimum atomic E-state index is -0.809. The van der Waals surface area contributed by atoms with E-state index in [4.69, 9.17) is 4.74 Å². The first-order valence-corrected chi connectivity index (χ1v) is 10.0. The van der Waals surface area contributed by atoms with Gasteiger partial charge in [0.2, 0.25) is 5.91 Å². The number of para-hydroxylation sites is 1. The van der Waals surface area contributed by atoms with Crippen molar-refractivity contribution < 1.29 is 18.7 Å². The van der Waals surface area contributed by atoms with Gasteiger partial charge in [0.05, 0.1) is 24.6 Å². The van der Waals surface area contributed by atoms with Crippen LogP contribution in [-0.4, -0.2) is 46.2 Å². The van der Waals surface area contributed by atoms with Gasteiger partial charge in [-0.25, -0.2) is 9.18 Å². The van der Waals surface area contributed by atoms with Crippen LogP contribution in [0.25, 0.3) is 11.4 Å². The van der Waals surface area contributed by atoms with Crippen LogP contribution in [0, 0.1) is 5.82 Å². The summed E-state index contributed by atoms with van der Waals surface area (Å²) in [5, 5.41) is 13.4. The Morgan fingerprint density at radius 3 is 2.57 bits per heavy atom. The number of thioether (sulfide) groups is 1. The molecule has 1 heterocycles. The van der Waals surface area contributed by atoms with Gasteiger partial charge in [0.25, 0.3) is 0 Å². The van der Waals surface area contributed by atoms with E-state index in [1.165, 1.54) is 18.2 Å². The average Bonchev–Trinajstić information content (AvgIpc) is 3.15. The standard InChI is InChI=1S/C20H20FN5O3S/c1-29-12-11-26-18(14-7-3-2-4-8-14)24-25-20(26)30-13-17(27)23-19(28)22-16-10-6-5-9-15(16)21/h2-10H,11-13H2,1H3,(H2,22,23,27,28). The van der Waals surface area contributed by atoms with Crippen molar-refractivity contribution >= 4 is 29.4 Å². The molecule has 156 valence electrons. The Hall–Kier alpha value is -3.24. The van der Waals surface area contributed by atoms with Crippen LogP contribution in [0.15, 0.2) is 59.8 Å². The van der Waals surface area contributed by atoms with Crippen molar-refractivity contribution in [3.63, 3.8) is 0 Å². The van der Waals surface area contributed by atoms with Crippen LogP contribution < -0.4 is 10.6 Å². The Balaban J connectivity index is 1.62. The van der Waals surface area contributed by atoms with E-state index >= 15 is 0 Å². The van der Waals surface area contributed by atoms with Crippen LogP contribution >= 0.6 is 11.8 Å². The highest BCUT2D eigenvalue weighted by molar-refractivity contribution is 7.99. The number of rotatable bonds is 8. The molecule has 0 unspecified atom stereocenters. The predicted octanol–water partition coefficient (Wildman–Crippen LogP) is 3.17. The molecule has 0 aliphatic heterocycles. The number of carbonyl (C=O) groups is 2. The maximum atomic E-state index is 13.6. The molecule has 3 rings (SSSR count). The van der Waals surface area contributed by atoms with E-state index in [0.717, 1.165) is 17.3 Å². The van der Waals surface area contributed by atoms with Gasteiger partial charge >= 0.3 is 6.03 Å². The molecule has 0 fully saturated rings. The molecule has 0 aliphatic rings. The van der Waals surface area contributed by atoms with Crippen molar-refractivity contribution in [1.29, 1.82) is 0 Å². The number of ether oxygens (including phenoxy) is 1. The summed E-state index contributed by atoms with van der Waals surface area (Å²) in [5.74, 6) is -0.539. The number of benzene rings is 2. The van der Waals surface area contributed by atoms with E-state index in [-0.39, 0.29) is 11.4 Å². The quantitative estimate of drug-likeness (QED) is 0.534. The summed E-state index contributed by atoms with van der Waals surface area (Å²) in [6, 6.07) is 14.4. The minimum absolute atomic E-state index is 0.0118. The summed E-state index contributed by atoms with van der Waals surface area (Å²) in [6.45, 7) is 0.953. The number of hydrogen-bond donors (Lipinski definition) is 2. The van der Waals surface area contributed by atoms with Crippen molar-refractivity contribution in [2.45, 2.75) is 11.7 Å². The van der Waals surface area contributed by atoms with Gasteiger partial charge in [-0.2, -0.15) is 0 Å². The number of nitrogens with zero attached hydrogens (tertiary/aromatic N) is 3. The summed E-state index contributed by atoms with van der Waals surface area (Å²) in [6.07, 6.45) is 0. The van der Waals surface area contributed by atoms with Crippen LogP contribution in [0.3, 0.4) is 0 Å². The Kier molecular flexibility index (Phi) is 7.52. The fourth-order valence-corrected chi connectivity index (χ4v) is 3.35. The lowest BCUT2D eigenvalue weighted by Crippen LogP contribution is -2.35. The fourth-order valence-electron chi connectivity index (χ4n) is 2.59. The molecule has 0 aliphatic carbocycles. The van der Waals surface area contributed by atoms with E-state index in [1.54, 1.807) is 13.2 Å². The molecule has 2 aromatic carbocycles.